The molecule has 1 aliphatic rings. The van der Waals surface area contributed by atoms with Gasteiger partial charge >= 0.3 is 0 Å². The van der Waals surface area contributed by atoms with Gasteiger partial charge < -0.3 is 9.30 Å². The first-order valence-electron chi connectivity index (χ1n) is 7.44. The number of epoxide rings is 1. The molecule has 1 aliphatic heterocycles. The topological polar surface area (TPSA) is 30.4 Å². The van der Waals surface area contributed by atoms with Gasteiger partial charge in [-0.25, -0.2) is 18.2 Å². The van der Waals surface area contributed by atoms with Crippen LogP contribution < -0.4 is 0 Å². The molecule has 3 nitrogen and oxygen atoms in total. The summed E-state index contributed by atoms with van der Waals surface area (Å²) in [4.78, 5) is 3.97. The summed E-state index contributed by atoms with van der Waals surface area (Å²) in [5, 5.41) is 0. The normalized spacial score (nSPS) is 22.5. The quantitative estimate of drug-likeness (QED) is 0.678. The van der Waals surface area contributed by atoms with E-state index < -0.39 is 23.3 Å². The Hall–Kier alpha value is -2.60. The van der Waals surface area contributed by atoms with E-state index in [2.05, 4.69) is 4.98 Å². The van der Waals surface area contributed by atoms with Gasteiger partial charge in [-0.15, -0.1) is 0 Å². The minimum Gasteiger partial charge on any atom is -0.354 e. The zero-order valence-electron chi connectivity index (χ0n) is 12.5. The van der Waals surface area contributed by atoms with E-state index in [9.17, 15) is 13.2 Å². The molecule has 1 saturated heterocycles. The highest BCUT2D eigenvalue weighted by Gasteiger charge is 2.60. The Morgan fingerprint density at radius 1 is 1.04 bits per heavy atom. The van der Waals surface area contributed by atoms with Crippen molar-refractivity contribution < 1.29 is 17.9 Å². The predicted octanol–water partition coefficient (Wildman–Crippen LogP) is 3.97. The van der Waals surface area contributed by atoms with Gasteiger partial charge in [0.15, 0.2) is 0 Å². The van der Waals surface area contributed by atoms with E-state index in [-0.39, 0.29) is 11.4 Å². The second-order valence-corrected chi connectivity index (χ2v) is 5.76. The second kappa shape index (κ2) is 5.49. The first-order chi connectivity index (χ1) is 11.6. The van der Waals surface area contributed by atoms with Gasteiger partial charge in [0.1, 0.15) is 29.2 Å². The molecule has 0 bridgehead atoms. The summed E-state index contributed by atoms with van der Waals surface area (Å²) < 4.78 is 49.1. The van der Waals surface area contributed by atoms with E-state index >= 15 is 0 Å². The minimum atomic E-state index is -0.961. The van der Waals surface area contributed by atoms with Gasteiger partial charge in [-0.3, -0.25) is 0 Å². The standard InChI is InChI=1S/C18H13F3N2O/c19-13-6-4-12(5-7-13)18(10-23-9-8-22-11-23)17(24-18)16-14(20)2-1-3-15(16)21/h1-9,11,17H,10H2. The van der Waals surface area contributed by atoms with Crippen molar-refractivity contribution in [3.05, 3.63) is 89.8 Å². The van der Waals surface area contributed by atoms with Crippen LogP contribution in [0.3, 0.4) is 0 Å². The smallest absolute Gasteiger partial charge is 0.142 e. The highest BCUT2D eigenvalue weighted by atomic mass is 19.1. The van der Waals surface area contributed by atoms with Gasteiger partial charge in [0.25, 0.3) is 0 Å². The molecule has 4 rings (SSSR count). The van der Waals surface area contributed by atoms with E-state index in [4.69, 9.17) is 4.74 Å². The summed E-state index contributed by atoms with van der Waals surface area (Å²) in [6.45, 7) is 0.317. The number of aromatic nitrogens is 2. The van der Waals surface area contributed by atoms with Crippen LogP contribution in [0.5, 0.6) is 0 Å². The molecule has 0 spiro atoms. The Morgan fingerprint density at radius 3 is 2.38 bits per heavy atom. The van der Waals surface area contributed by atoms with Gasteiger partial charge in [-0.1, -0.05) is 18.2 Å². The Morgan fingerprint density at radius 2 is 1.75 bits per heavy atom. The fraction of sp³-hybridized carbons (Fsp3) is 0.167. The molecule has 0 N–H and O–H groups in total. The van der Waals surface area contributed by atoms with Gasteiger partial charge in [0.2, 0.25) is 0 Å². The molecule has 0 radical (unpaired) electrons. The third-order valence-electron chi connectivity index (χ3n) is 4.27. The molecule has 6 heteroatoms. The van der Waals surface area contributed by atoms with Crippen LogP contribution in [0.15, 0.2) is 61.2 Å². The maximum absolute atomic E-state index is 14.1. The maximum atomic E-state index is 14.1. The number of ether oxygens (including phenoxy) is 1. The number of nitrogens with zero attached hydrogens (tertiary/aromatic N) is 2. The van der Waals surface area contributed by atoms with Crippen molar-refractivity contribution >= 4 is 0 Å². The largest absolute Gasteiger partial charge is 0.354 e. The summed E-state index contributed by atoms with van der Waals surface area (Å²) in [6.07, 6.45) is 4.16. The Labute approximate surface area is 136 Å². The van der Waals surface area contributed by atoms with E-state index in [1.807, 2.05) is 0 Å². The van der Waals surface area contributed by atoms with Gasteiger partial charge in [-0.05, 0) is 29.8 Å². The molecule has 2 unspecified atom stereocenters. The highest BCUT2D eigenvalue weighted by Crippen LogP contribution is 2.59. The van der Waals surface area contributed by atoms with Crippen molar-refractivity contribution in [1.29, 1.82) is 0 Å². The van der Waals surface area contributed by atoms with Gasteiger partial charge in [-0.2, -0.15) is 0 Å². The van der Waals surface area contributed by atoms with E-state index in [1.165, 1.54) is 30.3 Å². The molecular formula is C18H13F3N2O. The van der Waals surface area contributed by atoms with Gasteiger partial charge in [0, 0.05) is 12.4 Å². The van der Waals surface area contributed by atoms with E-state index in [1.54, 1.807) is 35.4 Å². The van der Waals surface area contributed by atoms with E-state index in [0.29, 0.717) is 12.1 Å². The molecular weight excluding hydrogens is 317 g/mol. The van der Waals surface area contributed by atoms with Crippen LogP contribution in [-0.4, -0.2) is 9.55 Å². The molecule has 0 amide bonds. The fourth-order valence-corrected chi connectivity index (χ4v) is 3.04. The molecule has 2 atom stereocenters. The molecule has 1 fully saturated rings. The summed E-state index contributed by atoms with van der Waals surface area (Å²) >= 11 is 0. The summed E-state index contributed by atoms with van der Waals surface area (Å²) in [5.41, 5.74) is -0.413. The molecule has 2 aromatic carbocycles. The number of benzene rings is 2. The number of rotatable bonds is 4. The number of hydrogen-bond acceptors (Lipinski definition) is 2. The molecule has 2 heterocycles. The van der Waals surface area contributed by atoms with Crippen molar-refractivity contribution in [3.63, 3.8) is 0 Å². The molecule has 24 heavy (non-hydrogen) atoms. The average Bonchev–Trinajstić information content (AvgIpc) is 3.02. The molecule has 1 aromatic heterocycles. The van der Waals surface area contributed by atoms with E-state index in [0.717, 1.165) is 0 Å². The van der Waals surface area contributed by atoms with Crippen LogP contribution in [0.1, 0.15) is 17.2 Å². The summed E-state index contributed by atoms with van der Waals surface area (Å²) in [6, 6.07) is 9.48. The van der Waals surface area contributed by atoms with Crippen LogP contribution in [0.2, 0.25) is 0 Å². The first kappa shape index (κ1) is 15.0. The van der Waals surface area contributed by atoms with Crippen molar-refractivity contribution in [3.8, 4) is 0 Å². The summed E-state index contributed by atoms with van der Waals surface area (Å²) in [5.74, 6) is -1.70. The number of halogens is 3. The lowest BCUT2D eigenvalue weighted by Crippen LogP contribution is -2.19. The monoisotopic (exact) mass is 330 g/mol. The van der Waals surface area contributed by atoms with Crippen molar-refractivity contribution in [2.75, 3.05) is 0 Å². The van der Waals surface area contributed by atoms with Crippen LogP contribution in [0, 0.1) is 17.5 Å². The molecule has 3 aromatic rings. The van der Waals surface area contributed by atoms with Crippen molar-refractivity contribution in [1.82, 2.24) is 9.55 Å². The van der Waals surface area contributed by atoms with Crippen molar-refractivity contribution in [2.45, 2.75) is 18.2 Å². The van der Waals surface area contributed by atoms with Crippen LogP contribution in [0.4, 0.5) is 13.2 Å². The zero-order valence-corrected chi connectivity index (χ0v) is 12.5. The van der Waals surface area contributed by atoms with Gasteiger partial charge in [0.05, 0.1) is 18.4 Å². The lowest BCUT2D eigenvalue weighted by atomic mass is 9.91. The van der Waals surface area contributed by atoms with Crippen LogP contribution in [-0.2, 0) is 16.9 Å². The minimum absolute atomic E-state index is 0.109. The molecule has 122 valence electrons. The number of imidazole rings is 1. The third kappa shape index (κ3) is 2.39. The lowest BCUT2D eigenvalue weighted by Gasteiger charge is -2.15. The predicted molar refractivity (Wildman–Crippen MR) is 80.5 cm³/mol. The maximum Gasteiger partial charge on any atom is 0.142 e. The Balaban J connectivity index is 1.77. The lowest BCUT2D eigenvalue weighted by molar-refractivity contribution is 0.268. The average molecular weight is 330 g/mol. The highest BCUT2D eigenvalue weighted by molar-refractivity contribution is 5.37. The Kier molecular flexibility index (Phi) is 3.42. The Bertz CT molecular complexity index is 844. The van der Waals surface area contributed by atoms with Crippen molar-refractivity contribution in [2.24, 2.45) is 0 Å². The molecule has 0 aliphatic carbocycles. The SMILES string of the molecule is Fc1ccc(C2(Cn3ccnc3)OC2c2c(F)cccc2F)cc1. The first-order valence-corrected chi connectivity index (χ1v) is 7.44. The summed E-state index contributed by atoms with van der Waals surface area (Å²) in [7, 11) is 0. The fourth-order valence-electron chi connectivity index (χ4n) is 3.04. The number of hydrogen-bond donors (Lipinski definition) is 0. The molecule has 0 saturated carbocycles. The van der Waals surface area contributed by atoms with Crippen LogP contribution >= 0.6 is 0 Å². The zero-order chi connectivity index (χ0) is 16.7. The second-order valence-electron chi connectivity index (χ2n) is 5.76. The third-order valence-corrected chi connectivity index (χ3v) is 4.27. The van der Waals surface area contributed by atoms with Crippen LogP contribution in [0.25, 0.3) is 0 Å².